The van der Waals surface area contributed by atoms with Gasteiger partial charge in [-0.25, -0.2) is 17.6 Å². The molecule has 1 fully saturated rings. The Hall–Kier alpha value is -3.47. The molecule has 0 spiro atoms. The Morgan fingerprint density at radius 2 is 1.78 bits per heavy atom. The first-order chi connectivity index (χ1) is 17.0. The second-order valence-corrected chi connectivity index (χ2v) is 11.0. The minimum atomic E-state index is -3.55. The maximum Gasteiger partial charge on any atom is 0.320 e. The topological polar surface area (TPSA) is 125 Å². The molecule has 1 aliphatic carbocycles. The van der Waals surface area contributed by atoms with Gasteiger partial charge in [-0.3, -0.25) is 4.79 Å². The second kappa shape index (κ2) is 9.88. The summed E-state index contributed by atoms with van der Waals surface area (Å²) in [7, 11) is -3.55. The van der Waals surface area contributed by atoms with Gasteiger partial charge in [0.2, 0.25) is 0 Å². The predicted molar refractivity (Wildman–Crippen MR) is 135 cm³/mol. The number of benzene rings is 3. The molecule has 0 bridgehead atoms. The summed E-state index contributed by atoms with van der Waals surface area (Å²) in [5.74, 6) is -2.01. The predicted octanol–water partition coefficient (Wildman–Crippen LogP) is 4.06. The van der Waals surface area contributed by atoms with E-state index in [1.165, 1.54) is 18.2 Å². The van der Waals surface area contributed by atoms with Crippen molar-refractivity contribution in [1.29, 1.82) is 0 Å². The first-order valence-corrected chi connectivity index (χ1v) is 13.2. The van der Waals surface area contributed by atoms with Crippen molar-refractivity contribution in [2.24, 2.45) is 5.92 Å². The molecular formula is C25H23ClFN3O5S. The number of aliphatic hydroxyl groups is 1. The summed E-state index contributed by atoms with van der Waals surface area (Å²) in [6, 6.07) is 15.8. The highest BCUT2D eigenvalue weighted by Gasteiger charge is 2.61. The van der Waals surface area contributed by atoms with Crippen molar-refractivity contribution in [1.82, 2.24) is 5.32 Å². The molecule has 2 atom stereocenters. The van der Waals surface area contributed by atoms with E-state index in [1.807, 2.05) is 0 Å². The normalized spacial score (nSPS) is 18.8. The number of carbonyl (C=O) groups is 2. The molecule has 0 saturated heterocycles. The Kier molecular flexibility index (Phi) is 7.03. The van der Waals surface area contributed by atoms with Crippen LogP contribution in [0.3, 0.4) is 0 Å². The lowest BCUT2D eigenvalue weighted by molar-refractivity contribution is -0.119. The Labute approximate surface area is 212 Å². The van der Waals surface area contributed by atoms with Crippen LogP contribution in [0.4, 0.5) is 20.6 Å². The standard InChI is InChI=1S/C25H23ClFN3O5S/c1-36(34,35)22-5-3-2-4-19(22)15-6-11-21(20(27)12-15)29-23(32)25(13-16(25)14-31)30-24(33)28-18-9-7-17(26)8-10-18/h2-12,16,31H,13-14H2,1H3,(H,29,32)(H2,28,30,33)/t16-,25+/m1/s1. The van der Waals surface area contributed by atoms with Gasteiger partial charge in [0, 0.05) is 35.1 Å². The number of anilines is 2. The fraction of sp³-hybridized carbons (Fsp3) is 0.200. The summed E-state index contributed by atoms with van der Waals surface area (Å²) in [6.45, 7) is -0.349. The van der Waals surface area contributed by atoms with Crippen LogP contribution in [0.25, 0.3) is 11.1 Å². The molecule has 0 unspecified atom stereocenters. The number of carbonyl (C=O) groups excluding carboxylic acids is 2. The third-order valence-corrected chi connectivity index (χ3v) is 7.39. The summed E-state index contributed by atoms with van der Waals surface area (Å²) in [5, 5.41) is 17.8. The molecule has 188 valence electrons. The average molecular weight is 532 g/mol. The van der Waals surface area contributed by atoms with Crippen molar-refractivity contribution in [3.8, 4) is 11.1 Å². The number of hydrogen-bond acceptors (Lipinski definition) is 5. The number of amides is 3. The lowest BCUT2D eigenvalue weighted by Gasteiger charge is -2.20. The van der Waals surface area contributed by atoms with Gasteiger partial charge in [0.1, 0.15) is 11.4 Å². The minimum absolute atomic E-state index is 0.0554. The SMILES string of the molecule is CS(=O)(=O)c1ccccc1-c1ccc(NC(=O)[C@]2(NC(=O)Nc3ccc(Cl)cc3)C[C@@H]2CO)c(F)c1. The van der Waals surface area contributed by atoms with Crippen LogP contribution in [0, 0.1) is 11.7 Å². The molecule has 3 aromatic rings. The highest BCUT2D eigenvalue weighted by molar-refractivity contribution is 7.90. The van der Waals surface area contributed by atoms with Gasteiger partial charge in [-0.05, 0) is 54.4 Å². The van der Waals surface area contributed by atoms with E-state index in [-0.39, 0.29) is 23.6 Å². The van der Waals surface area contributed by atoms with Gasteiger partial charge in [0.25, 0.3) is 5.91 Å². The molecule has 0 radical (unpaired) electrons. The molecule has 3 amide bonds. The summed E-state index contributed by atoms with van der Waals surface area (Å²) < 4.78 is 39.2. The van der Waals surface area contributed by atoms with Crippen molar-refractivity contribution in [3.63, 3.8) is 0 Å². The molecule has 4 rings (SSSR count). The van der Waals surface area contributed by atoms with E-state index in [0.29, 0.717) is 21.8 Å². The van der Waals surface area contributed by atoms with Crippen molar-refractivity contribution >= 4 is 44.8 Å². The van der Waals surface area contributed by atoms with E-state index in [1.54, 1.807) is 42.5 Å². The number of sulfone groups is 1. The van der Waals surface area contributed by atoms with Crippen molar-refractivity contribution < 1.29 is 27.5 Å². The molecule has 3 aromatic carbocycles. The van der Waals surface area contributed by atoms with E-state index in [2.05, 4.69) is 16.0 Å². The number of halogens is 2. The van der Waals surface area contributed by atoms with Crippen LogP contribution in [-0.2, 0) is 14.6 Å². The number of hydrogen-bond donors (Lipinski definition) is 4. The lowest BCUT2D eigenvalue weighted by Crippen LogP contribution is -2.49. The first kappa shape index (κ1) is 25.6. The maximum absolute atomic E-state index is 15.0. The zero-order valence-electron chi connectivity index (χ0n) is 19.1. The van der Waals surface area contributed by atoms with Gasteiger partial charge >= 0.3 is 6.03 Å². The number of urea groups is 1. The molecule has 1 saturated carbocycles. The van der Waals surface area contributed by atoms with Gasteiger partial charge < -0.3 is 21.1 Å². The maximum atomic E-state index is 15.0. The van der Waals surface area contributed by atoms with Crippen molar-refractivity contribution in [2.75, 3.05) is 23.5 Å². The van der Waals surface area contributed by atoms with Crippen LogP contribution in [0.15, 0.2) is 71.6 Å². The zero-order valence-corrected chi connectivity index (χ0v) is 20.7. The van der Waals surface area contributed by atoms with Crippen LogP contribution in [-0.4, -0.2) is 43.9 Å². The molecule has 1 aliphatic rings. The number of aliphatic hydroxyl groups excluding tert-OH is 1. The molecule has 36 heavy (non-hydrogen) atoms. The minimum Gasteiger partial charge on any atom is -0.396 e. The molecule has 0 heterocycles. The Bertz CT molecular complexity index is 1430. The summed E-state index contributed by atoms with van der Waals surface area (Å²) in [6.07, 6.45) is 1.24. The summed E-state index contributed by atoms with van der Waals surface area (Å²) in [5.41, 5.74) is -0.468. The first-order valence-electron chi connectivity index (χ1n) is 10.9. The van der Waals surface area contributed by atoms with Crippen LogP contribution < -0.4 is 16.0 Å². The second-order valence-electron chi connectivity index (χ2n) is 8.56. The molecule has 0 aliphatic heterocycles. The number of rotatable bonds is 7. The fourth-order valence-electron chi connectivity index (χ4n) is 3.98. The fourth-order valence-corrected chi connectivity index (χ4v) is 5.02. The van der Waals surface area contributed by atoms with Crippen molar-refractivity contribution in [2.45, 2.75) is 16.9 Å². The number of nitrogens with one attached hydrogen (secondary N) is 3. The molecule has 8 nitrogen and oxygen atoms in total. The Balaban J connectivity index is 1.52. The zero-order chi connectivity index (χ0) is 26.1. The highest BCUT2D eigenvalue weighted by atomic mass is 35.5. The summed E-state index contributed by atoms with van der Waals surface area (Å²) in [4.78, 5) is 25.6. The van der Waals surface area contributed by atoms with Crippen molar-refractivity contribution in [3.05, 3.63) is 77.6 Å². The molecule has 4 N–H and O–H groups in total. The van der Waals surface area contributed by atoms with E-state index in [9.17, 15) is 27.5 Å². The largest absolute Gasteiger partial charge is 0.396 e. The van der Waals surface area contributed by atoms with E-state index in [4.69, 9.17) is 11.6 Å². The van der Waals surface area contributed by atoms with Crippen LogP contribution in [0.2, 0.25) is 5.02 Å². The van der Waals surface area contributed by atoms with E-state index < -0.39 is 39.0 Å². The average Bonchev–Trinajstić information content (AvgIpc) is 3.55. The highest BCUT2D eigenvalue weighted by Crippen LogP contribution is 2.44. The molecule has 0 aromatic heterocycles. The van der Waals surface area contributed by atoms with Crippen LogP contribution in [0.5, 0.6) is 0 Å². The monoisotopic (exact) mass is 531 g/mol. The third kappa shape index (κ3) is 5.35. The lowest BCUT2D eigenvalue weighted by atomic mass is 10.0. The van der Waals surface area contributed by atoms with Crippen LogP contribution >= 0.6 is 11.6 Å². The van der Waals surface area contributed by atoms with Crippen LogP contribution in [0.1, 0.15) is 6.42 Å². The van der Waals surface area contributed by atoms with Gasteiger partial charge in [-0.2, -0.15) is 0 Å². The molecular weight excluding hydrogens is 509 g/mol. The quantitative estimate of drug-likeness (QED) is 0.366. The van der Waals surface area contributed by atoms with Gasteiger partial charge in [-0.1, -0.05) is 35.9 Å². The molecule has 11 heteroatoms. The third-order valence-electron chi connectivity index (χ3n) is 5.98. The summed E-state index contributed by atoms with van der Waals surface area (Å²) >= 11 is 5.84. The van der Waals surface area contributed by atoms with Gasteiger partial charge in [-0.15, -0.1) is 0 Å². The smallest absolute Gasteiger partial charge is 0.320 e. The van der Waals surface area contributed by atoms with Gasteiger partial charge in [0.05, 0.1) is 10.6 Å². The Morgan fingerprint density at radius 1 is 1.08 bits per heavy atom. The Morgan fingerprint density at radius 3 is 2.39 bits per heavy atom. The van der Waals surface area contributed by atoms with E-state index >= 15 is 0 Å². The van der Waals surface area contributed by atoms with E-state index in [0.717, 1.165) is 12.3 Å². The van der Waals surface area contributed by atoms with Gasteiger partial charge in [0.15, 0.2) is 9.84 Å².